The maximum absolute atomic E-state index is 11.9. The van der Waals surface area contributed by atoms with Gasteiger partial charge in [-0.1, -0.05) is 68.4 Å². The molecule has 0 radical (unpaired) electrons. The van der Waals surface area contributed by atoms with Crippen LogP contribution in [0.15, 0.2) is 48.6 Å². The zero-order valence-electron chi connectivity index (χ0n) is 18.6. The lowest BCUT2D eigenvalue weighted by Gasteiger charge is -2.13. The first-order valence-corrected chi connectivity index (χ1v) is 11.1. The summed E-state index contributed by atoms with van der Waals surface area (Å²) in [6, 6.07) is 0. The number of hydrogen-bond acceptors (Lipinski definition) is 4. The summed E-state index contributed by atoms with van der Waals surface area (Å²) in [6.07, 6.45) is 25.9. The van der Waals surface area contributed by atoms with Crippen LogP contribution in [0.5, 0.6) is 0 Å². The molecule has 0 aliphatic rings. The lowest BCUT2D eigenvalue weighted by atomic mass is 10.0. The molecule has 0 saturated carbocycles. The molecule has 0 N–H and O–H groups in total. The third-order valence-electron chi connectivity index (χ3n) is 4.22. The Balaban J connectivity index is 3.85. The van der Waals surface area contributed by atoms with E-state index in [0.717, 1.165) is 51.4 Å². The van der Waals surface area contributed by atoms with Crippen LogP contribution in [0.2, 0.25) is 0 Å². The maximum Gasteiger partial charge on any atom is 0.320 e. The largest absolute Gasteiger partial charge is 0.465 e. The highest BCUT2D eigenvalue weighted by Crippen LogP contribution is 2.15. The number of rotatable bonds is 17. The van der Waals surface area contributed by atoms with Crippen molar-refractivity contribution in [2.75, 3.05) is 13.2 Å². The Morgan fingerprint density at radius 3 is 1.62 bits per heavy atom. The highest BCUT2D eigenvalue weighted by molar-refractivity contribution is 5.94. The van der Waals surface area contributed by atoms with E-state index in [0.29, 0.717) is 6.42 Å². The van der Waals surface area contributed by atoms with Crippen LogP contribution >= 0.6 is 0 Å². The number of allylic oxidation sites excluding steroid dienone is 8. The van der Waals surface area contributed by atoms with Gasteiger partial charge in [-0.05, 0) is 58.8 Å². The van der Waals surface area contributed by atoms with Gasteiger partial charge in [-0.3, -0.25) is 9.59 Å². The predicted molar refractivity (Wildman–Crippen MR) is 121 cm³/mol. The van der Waals surface area contributed by atoms with Gasteiger partial charge in [0.05, 0.1) is 13.2 Å². The molecule has 0 aromatic carbocycles. The average Bonchev–Trinajstić information content (AvgIpc) is 2.70. The Kier molecular flexibility index (Phi) is 19.1. The van der Waals surface area contributed by atoms with Gasteiger partial charge in [-0.15, -0.1) is 0 Å². The van der Waals surface area contributed by atoms with Crippen molar-refractivity contribution < 1.29 is 19.1 Å². The number of ether oxygens (including phenoxy) is 2. The molecule has 0 bridgehead atoms. The third-order valence-corrected chi connectivity index (χ3v) is 4.22. The van der Waals surface area contributed by atoms with Crippen LogP contribution in [0.3, 0.4) is 0 Å². The van der Waals surface area contributed by atoms with E-state index in [4.69, 9.17) is 9.47 Å². The third kappa shape index (κ3) is 16.5. The second-order valence-electron chi connectivity index (χ2n) is 6.70. The second kappa shape index (κ2) is 20.6. The van der Waals surface area contributed by atoms with Crippen molar-refractivity contribution >= 4 is 11.9 Å². The normalized spacial score (nSPS) is 12.1. The predicted octanol–water partition coefficient (Wildman–Crippen LogP) is 6.48. The smallest absolute Gasteiger partial charge is 0.320 e. The van der Waals surface area contributed by atoms with Gasteiger partial charge in [0.15, 0.2) is 5.92 Å². The summed E-state index contributed by atoms with van der Waals surface area (Å²) in [5.74, 6) is -1.72. The Hall–Kier alpha value is -2.10. The number of carbonyl (C=O) groups excluding carboxylic acids is 2. The fraction of sp³-hybridized carbons (Fsp3) is 0.600. The fourth-order valence-electron chi connectivity index (χ4n) is 2.70. The second-order valence-corrected chi connectivity index (χ2v) is 6.70. The average molecular weight is 405 g/mol. The molecular weight excluding hydrogens is 364 g/mol. The summed E-state index contributed by atoms with van der Waals surface area (Å²) in [4.78, 5) is 23.8. The van der Waals surface area contributed by atoms with Crippen molar-refractivity contribution in [3.63, 3.8) is 0 Å². The summed E-state index contributed by atoms with van der Waals surface area (Å²) in [5.41, 5.74) is 0. The van der Waals surface area contributed by atoms with Crippen molar-refractivity contribution in [1.29, 1.82) is 0 Å². The Morgan fingerprint density at radius 1 is 0.655 bits per heavy atom. The zero-order valence-corrected chi connectivity index (χ0v) is 18.6. The van der Waals surface area contributed by atoms with Crippen molar-refractivity contribution in [3.8, 4) is 0 Å². The summed E-state index contributed by atoms with van der Waals surface area (Å²) in [7, 11) is 0. The van der Waals surface area contributed by atoms with Crippen LogP contribution < -0.4 is 0 Å². The minimum absolute atomic E-state index is 0.278. The molecule has 0 saturated heterocycles. The highest BCUT2D eigenvalue weighted by atomic mass is 16.6. The van der Waals surface area contributed by atoms with Gasteiger partial charge >= 0.3 is 11.9 Å². The molecule has 0 spiro atoms. The number of hydrogen-bond donors (Lipinski definition) is 0. The van der Waals surface area contributed by atoms with Crippen LogP contribution in [0.1, 0.15) is 78.6 Å². The van der Waals surface area contributed by atoms with Crippen LogP contribution in [0, 0.1) is 5.92 Å². The van der Waals surface area contributed by atoms with Gasteiger partial charge in [-0.2, -0.15) is 0 Å². The topological polar surface area (TPSA) is 52.6 Å². The van der Waals surface area contributed by atoms with Crippen molar-refractivity contribution in [1.82, 2.24) is 0 Å². The molecular formula is C25H40O4. The maximum atomic E-state index is 11.9. The van der Waals surface area contributed by atoms with E-state index in [1.54, 1.807) is 13.8 Å². The van der Waals surface area contributed by atoms with Crippen LogP contribution in [-0.2, 0) is 19.1 Å². The first-order chi connectivity index (χ1) is 14.2. The lowest BCUT2D eigenvalue weighted by Crippen LogP contribution is -2.28. The first kappa shape index (κ1) is 26.9. The van der Waals surface area contributed by atoms with Crippen LogP contribution in [-0.4, -0.2) is 25.2 Å². The summed E-state index contributed by atoms with van der Waals surface area (Å²) < 4.78 is 9.97. The molecule has 0 aromatic heterocycles. The molecule has 0 aromatic rings. The van der Waals surface area contributed by atoms with E-state index in [2.05, 4.69) is 55.5 Å². The van der Waals surface area contributed by atoms with E-state index >= 15 is 0 Å². The van der Waals surface area contributed by atoms with Gasteiger partial charge in [0.25, 0.3) is 0 Å². The first-order valence-electron chi connectivity index (χ1n) is 11.1. The quantitative estimate of drug-likeness (QED) is 0.120. The molecule has 0 aliphatic carbocycles. The Morgan fingerprint density at radius 2 is 1.14 bits per heavy atom. The lowest BCUT2D eigenvalue weighted by molar-refractivity contribution is -0.161. The molecule has 0 unspecified atom stereocenters. The number of esters is 2. The van der Waals surface area contributed by atoms with E-state index in [-0.39, 0.29) is 13.2 Å². The minimum Gasteiger partial charge on any atom is -0.465 e. The van der Waals surface area contributed by atoms with E-state index in [1.807, 2.05) is 0 Å². The van der Waals surface area contributed by atoms with Gasteiger partial charge in [0.2, 0.25) is 0 Å². The molecule has 0 rings (SSSR count). The minimum atomic E-state index is -0.785. The number of carbonyl (C=O) groups is 2. The molecule has 0 fully saturated rings. The molecule has 0 atom stereocenters. The standard InChI is InChI=1S/C25H40O4/c1-4-7-8-9-10-11-12-13-14-15-16-17-18-19-20-21-22-23(24(26)28-5-2)25(27)29-6-3/h7-8,10-11,13-14,16-17,23H,4-6,9,12,15,18-22H2,1-3H3/b8-7-,11-10-,14-13-,17-16-. The summed E-state index contributed by atoms with van der Waals surface area (Å²) in [6.45, 7) is 6.18. The molecule has 4 nitrogen and oxygen atoms in total. The van der Waals surface area contributed by atoms with Gasteiger partial charge in [-0.25, -0.2) is 0 Å². The van der Waals surface area contributed by atoms with Gasteiger partial charge < -0.3 is 9.47 Å². The van der Waals surface area contributed by atoms with E-state index < -0.39 is 17.9 Å². The summed E-state index contributed by atoms with van der Waals surface area (Å²) in [5, 5.41) is 0. The monoisotopic (exact) mass is 404 g/mol. The molecule has 0 heterocycles. The number of unbranched alkanes of at least 4 members (excludes halogenated alkanes) is 3. The van der Waals surface area contributed by atoms with Gasteiger partial charge in [0.1, 0.15) is 0 Å². The summed E-state index contributed by atoms with van der Waals surface area (Å²) >= 11 is 0. The molecule has 29 heavy (non-hydrogen) atoms. The Labute approximate surface area is 177 Å². The zero-order chi connectivity index (χ0) is 21.6. The molecule has 0 amide bonds. The van der Waals surface area contributed by atoms with E-state index in [1.165, 1.54) is 0 Å². The van der Waals surface area contributed by atoms with E-state index in [9.17, 15) is 9.59 Å². The fourth-order valence-corrected chi connectivity index (χ4v) is 2.70. The van der Waals surface area contributed by atoms with Crippen LogP contribution in [0.4, 0.5) is 0 Å². The molecule has 164 valence electrons. The molecule has 4 heteroatoms. The highest BCUT2D eigenvalue weighted by Gasteiger charge is 2.28. The van der Waals surface area contributed by atoms with Crippen molar-refractivity contribution in [2.45, 2.75) is 78.6 Å². The SMILES string of the molecule is CC/C=C\C/C=C\C/C=C\C/C=C\CCCCCC(C(=O)OCC)C(=O)OCC. The van der Waals surface area contributed by atoms with Gasteiger partial charge in [0, 0.05) is 0 Å². The molecule has 0 aliphatic heterocycles. The van der Waals surface area contributed by atoms with Crippen LogP contribution in [0.25, 0.3) is 0 Å². The van der Waals surface area contributed by atoms with Crippen molar-refractivity contribution in [2.24, 2.45) is 5.92 Å². The van der Waals surface area contributed by atoms with Crippen molar-refractivity contribution in [3.05, 3.63) is 48.6 Å². The Bertz CT molecular complexity index is 511.